The lowest BCUT2D eigenvalue weighted by Gasteiger charge is -2.24. The van der Waals surface area contributed by atoms with Gasteiger partial charge in [0.15, 0.2) is 5.58 Å². The van der Waals surface area contributed by atoms with E-state index in [0.717, 1.165) is 12.5 Å². The molecular formula is C13H14N2O3. The molecule has 1 aliphatic carbocycles. The molecule has 1 heterocycles. The standard InChI is InChI=1S/C13H14N2O3/c16-12(17)9-4-5-10-11(6-9)18-13(15-10)14-7-8-2-1-3-8/h4-6,8H,1-3,7H2,(H,14,15)(H,16,17). The molecule has 1 aromatic carbocycles. The highest BCUT2D eigenvalue weighted by molar-refractivity contribution is 5.92. The van der Waals surface area contributed by atoms with Crippen LogP contribution in [0, 0.1) is 5.92 Å². The van der Waals surface area contributed by atoms with Gasteiger partial charge in [0.05, 0.1) is 5.56 Å². The quantitative estimate of drug-likeness (QED) is 0.867. The third kappa shape index (κ3) is 2.03. The number of nitrogens with zero attached hydrogens (tertiary/aromatic N) is 1. The van der Waals surface area contributed by atoms with E-state index in [9.17, 15) is 4.79 Å². The van der Waals surface area contributed by atoms with Crippen molar-refractivity contribution in [3.05, 3.63) is 23.8 Å². The van der Waals surface area contributed by atoms with Crippen molar-refractivity contribution in [2.75, 3.05) is 11.9 Å². The van der Waals surface area contributed by atoms with Gasteiger partial charge in [-0.2, -0.15) is 4.98 Å². The fraction of sp³-hybridized carbons (Fsp3) is 0.385. The fourth-order valence-electron chi connectivity index (χ4n) is 2.06. The molecule has 1 saturated carbocycles. The number of fused-ring (bicyclic) bond motifs is 1. The normalized spacial score (nSPS) is 15.6. The van der Waals surface area contributed by atoms with Crippen LogP contribution in [0.2, 0.25) is 0 Å². The molecular weight excluding hydrogens is 232 g/mol. The second kappa shape index (κ2) is 4.33. The first-order valence-electron chi connectivity index (χ1n) is 6.10. The Labute approximate surface area is 104 Å². The summed E-state index contributed by atoms with van der Waals surface area (Å²) in [5.41, 5.74) is 1.39. The summed E-state index contributed by atoms with van der Waals surface area (Å²) >= 11 is 0. The van der Waals surface area contributed by atoms with Gasteiger partial charge in [-0.3, -0.25) is 0 Å². The minimum atomic E-state index is -0.961. The lowest BCUT2D eigenvalue weighted by atomic mass is 9.85. The van der Waals surface area contributed by atoms with Crippen LogP contribution in [0.4, 0.5) is 6.01 Å². The van der Waals surface area contributed by atoms with Crippen molar-refractivity contribution >= 4 is 23.1 Å². The van der Waals surface area contributed by atoms with Crippen molar-refractivity contribution in [2.45, 2.75) is 19.3 Å². The number of aromatic nitrogens is 1. The van der Waals surface area contributed by atoms with Crippen molar-refractivity contribution in [2.24, 2.45) is 5.92 Å². The second-order valence-corrected chi connectivity index (χ2v) is 4.68. The first kappa shape index (κ1) is 11.1. The Hall–Kier alpha value is -2.04. The van der Waals surface area contributed by atoms with Crippen LogP contribution >= 0.6 is 0 Å². The van der Waals surface area contributed by atoms with E-state index in [1.54, 1.807) is 6.07 Å². The topological polar surface area (TPSA) is 75.4 Å². The number of hydrogen-bond acceptors (Lipinski definition) is 4. The van der Waals surface area contributed by atoms with Gasteiger partial charge in [-0.25, -0.2) is 4.79 Å². The molecule has 0 amide bonds. The fourth-order valence-corrected chi connectivity index (χ4v) is 2.06. The summed E-state index contributed by atoms with van der Waals surface area (Å²) in [7, 11) is 0. The van der Waals surface area contributed by atoms with Gasteiger partial charge in [-0.15, -0.1) is 0 Å². The Kier molecular flexibility index (Phi) is 2.66. The molecule has 5 nitrogen and oxygen atoms in total. The zero-order valence-electron chi connectivity index (χ0n) is 9.85. The first-order valence-corrected chi connectivity index (χ1v) is 6.10. The molecule has 0 aliphatic heterocycles. The summed E-state index contributed by atoms with van der Waals surface area (Å²) in [6.07, 6.45) is 3.83. The minimum absolute atomic E-state index is 0.212. The number of anilines is 1. The second-order valence-electron chi connectivity index (χ2n) is 4.68. The number of benzene rings is 1. The molecule has 0 bridgehead atoms. The lowest BCUT2D eigenvalue weighted by Crippen LogP contribution is -2.20. The van der Waals surface area contributed by atoms with E-state index < -0.39 is 5.97 Å². The molecule has 3 rings (SSSR count). The summed E-state index contributed by atoms with van der Waals surface area (Å²) in [6, 6.07) is 5.17. The molecule has 2 N–H and O–H groups in total. The van der Waals surface area contributed by atoms with Gasteiger partial charge in [-0.05, 0) is 37.0 Å². The van der Waals surface area contributed by atoms with Crippen LogP contribution in [0.1, 0.15) is 29.6 Å². The van der Waals surface area contributed by atoms with Gasteiger partial charge < -0.3 is 14.8 Å². The van der Waals surface area contributed by atoms with Crippen molar-refractivity contribution in [1.82, 2.24) is 4.98 Å². The highest BCUT2D eigenvalue weighted by Gasteiger charge is 2.18. The average molecular weight is 246 g/mol. The number of rotatable bonds is 4. The lowest BCUT2D eigenvalue weighted by molar-refractivity contribution is 0.0697. The van der Waals surface area contributed by atoms with E-state index in [1.807, 2.05) is 0 Å². The number of carboxylic acid groups (broad SMARTS) is 1. The molecule has 0 spiro atoms. The molecule has 0 atom stereocenters. The van der Waals surface area contributed by atoms with E-state index in [2.05, 4.69) is 10.3 Å². The van der Waals surface area contributed by atoms with Crippen LogP contribution < -0.4 is 5.32 Å². The number of carboxylic acids is 1. The molecule has 5 heteroatoms. The van der Waals surface area contributed by atoms with Crippen molar-refractivity contribution in [3.8, 4) is 0 Å². The Morgan fingerprint density at radius 1 is 1.50 bits per heavy atom. The Bertz CT molecular complexity index is 587. The van der Waals surface area contributed by atoms with E-state index in [4.69, 9.17) is 9.52 Å². The van der Waals surface area contributed by atoms with Crippen LogP contribution in [-0.4, -0.2) is 22.6 Å². The Balaban J connectivity index is 1.79. The summed E-state index contributed by atoms with van der Waals surface area (Å²) in [5.74, 6) is -0.244. The predicted octanol–water partition coefficient (Wildman–Crippen LogP) is 2.74. The Morgan fingerprint density at radius 3 is 3.00 bits per heavy atom. The van der Waals surface area contributed by atoms with E-state index in [0.29, 0.717) is 17.1 Å². The van der Waals surface area contributed by atoms with Crippen molar-refractivity contribution in [1.29, 1.82) is 0 Å². The number of nitrogens with one attached hydrogen (secondary N) is 1. The number of oxazole rings is 1. The third-order valence-electron chi connectivity index (χ3n) is 3.40. The van der Waals surface area contributed by atoms with Gasteiger partial charge in [0.1, 0.15) is 5.52 Å². The molecule has 1 fully saturated rings. The molecule has 1 aromatic heterocycles. The Morgan fingerprint density at radius 2 is 2.33 bits per heavy atom. The van der Waals surface area contributed by atoms with Crippen molar-refractivity contribution < 1.29 is 14.3 Å². The van der Waals surface area contributed by atoms with Crippen LogP contribution in [0.5, 0.6) is 0 Å². The maximum Gasteiger partial charge on any atom is 0.335 e. The highest BCUT2D eigenvalue weighted by Crippen LogP contribution is 2.27. The summed E-state index contributed by atoms with van der Waals surface area (Å²) in [5, 5.41) is 12.0. The SMILES string of the molecule is O=C(O)c1ccc2nc(NCC3CCC3)oc2c1. The van der Waals surface area contributed by atoms with Gasteiger partial charge in [0.2, 0.25) is 0 Å². The van der Waals surface area contributed by atoms with Crippen LogP contribution in [0.15, 0.2) is 22.6 Å². The maximum absolute atomic E-state index is 10.8. The van der Waals surface area contributed by atoms with Crippen molar-refractivity contribution in [3.63, 3.8) is 0 Å². The van der Waals surface area contributed by atoms with Gasteiger partial charge >= 0.3 is 5.97 Å². The molecule has 1 aliphatic rings. The summed E-state index contributed by atoms with van der Waals surface area (Å²) in [4.78, 5) is 15.1. The third-order valence-corrected chi connectivity index (χ3v) is 3.40. The molecule has 0 unspecified atom stereocenters. The van der Waals surface area contributed by atoms with Gasteiger partial charge in [0, 0.05) is 6.54 Å². The van der Waals surface area contributed by atoms with Gasteiger partial charge in [0.25, 0.3) is 6.01 Å². The largest absolute Gasteiger partial charge is 0.478 e. The molecule has 18 heavy (non-hydrogen) atoms. The summed E-state index contributed by atoms with van der Waals surface area (Å²) < 4.78 is 5.49. The molecule has 2 aromatic rings. The first-order chi connectivity index (χ1) is 8.72. The van der Waals surface area contributed by atoms with E-state index >= 15 is 0 Å². The maximum atomic E-state index is 10.8. The number of hydrogen-bond donors (Lipinski definition) is 2. The predicted molar refractivity (Wildman–Crippen MR) is 66.8 cm³/mol. The molecule has 0 saturated heterocycles. The van der Waals surface area contributed by atoms with E-state index in [1.165, 1.54) is 31.4 Å². The van der Waals surface area contributed by atoms with Crippen LogP contribution in [0.3, 0.4) is 0 Å². The minimum Gasteiger partial charge on any atom is -0.478 e. The zero-order valence-corrected chi connectivity index (χ0v) is 9.85. The van der Waals surface area contributed by atoms with Gasteiger partial charge in [-0.1, -0.05) is 6.42 Å². The highest BCUT2D eigenvalue weighted by atomic mass is 16.4. The number of aromatic carboxylic acids is 1. The monoisotopic (exact) mass is 246 g/mol. The average Bonchev–Trinajstić information content (AvgIpc) is 2.68. The smallest absolute Gasteiger partial charge is 0.335 e. The molecule has 0 radical (unpaired) electrons. The zero-order chi connectivity index (χ0) is 12.5. The van der Waals surface area contributed by atoms with Crippen LogP contribution in [-0.2, 0) is 0 Å². The summed E-state index contributed by atoms with van der Waals surface area (Å²) in [6.45, 7) is 0.874. The van der Waals surface area contributed by atoms with E-state index in [-0.39, 0.29) is 5.56 Å². The molecule has 94 valence electrons. The number of carbonyl (C=O) groups is 1. The van der Waals surface area contributed by atoms with Crippen LogP contribution in [0.25, 0.3) is 11.1 Å².